The van der Waals surface area contributed by atoms with Crippen molar-refractivity contribution in [2.45, 2.75) is 72.6 Å². The minimum atomic E-state index is -2.45. The zero-order valence-corrected chi connectivity index (χ0v) is 22.0. The summed E-state index contributed by atoms with van der Waals surface area (Å²) in [5, 5.41) is 0. The Bertz CT molecular complexity index is 594. The third-order valence-corrected chi connectivity index (χ3v) is 21.4. The standard InChI is InChI=1S/C13H12ClO.3C4H9.Sn/c1-15-13-9-7-12(8-10-13)6-4-2-3-5-11-14;3*1-3-4-2;/h2,4-11H,1H3;3*1,3-4H2,2H3;/b3-2?,6-4?,11-5+;;;;. The van der Waals surface area contributed by atoms with Crippen molar-refractivity contribution in [3.8, 4) is 5.75 Å². The molecule has 1 aromatic rings. The fourth-order valence-electron chi connectivity index (χ4n) is 3.81. The maximum absolute atomic E-state index is 6.11. The van der Waals surface area contributed by atoms with Crippen molar-refractivity contribution in [3.05, 3.63) is 57.2 Å². The molecule has 0 spiro atoms. The molecule has 0 fully saturated rings. The second-order valence-electron chi connectivity index (χ2n) is 7.64. The zero-order valence-electron chi connectivity index (χ0n) is 18.3. The summed E-state index contributed by atoms with van der Waals surface area (Å²) in [7, 11) is 1.70. The molecule has 0 atom stereocenters. The van der Waals surface area contributed by atoms with E-state index in [2.05, 4.69) is 57.2 Å². The summed E-state index contributed by atoms with van der Waals surface area (Å²) < 4.78 is 11.2. The van der Waals surface area contributed by atoms with Gasteiger partial charge in [0.1, 0.15) is 0 Å². The number of halogens is 1. The summed E-state index contributed by atoms with van der Waals surface area (Å²) in [5.41, 5.74) is 2.94. The van der Waals surface area contributed by atoms with Crippen molar-refractivity contribution in [2.75, 3.05) is 7.11 Å². The Morgan fingerprint density at radius 1 is 0.929 bits per heavy atom. The Labute approximate surface area is 182 Å². The first-order valence-electron chi connectivity index (χ1n) is 10.9. The van der Waals surface area contributed by atoms with E-state index in [4.69, 9.17) is 16.3 Å². The van der Waals surface area contributed by atoms with Crippen LogP contribution in [0, 0.1) is 0 Å². The van der Waals surface area contributed by atoms with Gasteiger partial charge in [-0.15, -0.1) is 0 Å². The van der Waals surface area contributed by atoms with Crippen molar-refractivity contribution in [1.82, 2.24) is 0 Å². The van der Waals surface area contributed by atoms with Gasteiger partial charge in [-0.2, -0.15) is 0 Å². The van der Waals surface area contributed by atoms with Gasteiger partial charge in [-0.25, -0.2) is 0 Å². The van der Waals surface area contributed by atoms with Gasteiger partial charge in [-0.05, 0) is 0 Å². The molecule has 28 heavy (non-hydrogen) atoms. The predicted octanol–water partition coefficient (Wildman–Crippen LogP) is 8.78. The molecule has 0 aliphatic carbocycles. The number of unbranched alkanes of at least 4 members (excludes halogenated alkanes) is 3. The molecule has 156 valence electrons. The Morgan fingerprint density at radius 3 is 1.89 bits per heavy atom. The van der Waals surface area contributed by atoms with Crippen LogP contribution < -0.4 is 4.74 Å². The van der Waals surface area contributed by atoms with E-state index in [9.17, 15) is 0 Å². The van der Waals surface area contributed by atoms with Crippen LogP contribution in [-0.2, 0) is 0 Å². The number of allylic oxidation sites excluding steroid dienone is 4. The first-order chi connectivity index (χ1) is 13.7. The van der Waals surface area contributed by atoms with Gasteiger partial charge in [-0.1, -0.05) is 0 Å². The summed E-state index contributed by atoms with van der Waals surface area (Å²) in [6, 6.07) is 8.22. The third kappa shape index (κ3) is 8.78. The van der Waals surface area contributed by atoms with Gasteiger partial charge in [0.25, 0.3) is 0 Å². The van der Waals surface area contributed by atoms with Crippen LogP contribution in [0.15, 0.2) is 51.6 Å². The quantitative estimate of drug-likeness (QED) is 0.180. The third-order valence-electron chi connectivity index (χ3n) is 5.56. The molecule has 3 heteroatoms. The van der Waals surface area contributed by atoms with Crippen LogP contribution in [0.25, 0.3) is 6.08 Å². The van der Waals surface area contributed by atoms with E-state index < -0.39 is 18.4 Å². The summed E-state index contributed by atoms with van der Waals surface area (Å²) in [4.78, 5) is 0. The fourth-order valence-corrected chi connectivity index (χ4v) is 20.2. The molecule has 1 rings (SSSR count). The van der Waals surface area contributed by atoms with Gasteiger partial charge >= 0.3 is 183 Å². The topological polar surface area (TPSA) is 9.23 Å². The first kappa shape index (κ1) is 25.4. The summed E-state index contributed by atoms with van der Waals surface area (Å²) in [6.45, 7) is 6.96. The van der Waals surface area contributed by atoms with E-state index in [1.54, 1.807) is 16.2 Å². The fraction of sp³-hybridized carbons (Fsp3) is 0.520. The van der Waals surface area contributed by atoms with Crippen LogP contribution >= 0.6 is 11.6 Å². The van der Waals surface area contributed by atoms with Crippen molar-refractivity contribution in [3.63, 3.8) is 0 Å². The molecule has 0 bridgehead atoms. The van der Waals surface area contributed by atoms with E-state index in [1.165, 1.54) is 57.4 Å². The van der Waals surface area contributed by atoms with Crippen molar-refractivity contribution in [1.29, 1.82) is 0 Å². The Hall–Kier alpha value is -0.671. The average Bonchev–Trinajstić information content (AvgIpc) is 2.73. The SMILES string of the molecule is CCC[CH2][Sn]([CH2]CCC)([CH2]CCC)[C](/C=C/Cl)=C/C=Cc1ccc(OC)cc1. The monoisotopic (exact) mass is 510 g/mol. The van der Waals surface area contributed by atoms with Crippen LogP contribution in [0.2, 0.25) is 13.3 Å². The molecule has 1 nitrogen and oxygen atoms in total. The number of ether oxygens (including phenoxy) is 1. The van der Waals surface area contributed by atoms with Crippen LogP contribution in [0.3, 0.4) is 0 Å². The van der Waals surface area contributed by atoms with Crippen molar-refractivity contribution < 1.29 is 4.74 Å². The minimum absolute atomic E-state index is 0.896. The number of methoxy groups -OCH3 is 1. The number of hydrogen-bond donors (Lipinski definition) is 0. The molecule has 0 aliphatic rings. The van der Waals surface area contributed by atoms with Gasteiger partial charge in [0.05, 0.1) is 0 Å². The van der Waals surface area contributed by atoms with Crippen LogP contribution in [0.5, 0.6) is 5.75 Å². The van der Waals surface area contributed by atoms with Gasteiger partial charge in [0, 0.05) is 0 Å². The second-order valence-corrected chi connectivity index (χ2v) is 21.1. The number of benzene rings is 1. The van der Waals surface area contributed by atoms with Crippen molar-refractivity contribution in [2.24, 2.45) is 0 Å². The van der Waals surface area contributed by atoms with E-state index in [-0.39, 0.29) is 0 Å². The molecule has 0 radical (unpaired) electrons. The van der Waals surface area contributed by atoms with Gasteiger partial charge in [-0.3, -0.25) is 0 Å². The van der Waals surface area contributed by atoms with Crippen LogP contribution in [0.4, 0.5) is 0 Å². The second kappa shape index (κ2) is 15.2. The maximum atomic E-state index is 6.11. The summed E-state index contributed by atoms with van der Waals surface area (Å²) in [5.74, 6) is 0.896. The average molecular weight is 510 g/mol. The molecule has 0 aliphatic heterocycles. The molecule has 0 heterocycles. The van der Waals surface area contributed by atoms with Gasteiger partial charge in [0.2, 0.25) is 0 Å². The molecule has 0 amide bonds. The normalized spacial score (nSPS) is 13.0. The van der Waals surface area contributed by atoms with E-state index in [1.807, 2.05) is 12.1 Å². The molecule has 0 unspecified atom stereocenters. The molecule has 0 N–H and O–H groups in total. The summed E-state index contributed by atoms with van der Waals surface area (Å²) in [6.07, 6.45) is 17.0. The van der Waals surface area contributed by atoms with E-state index >= 15 is 0 Å². The molecule has 0 aromatic heterocycles. The number of rotatable bonds is 14. The molecular formula is C25H39ClOSn. The van der Waals surface area contributed by atoms with E-state index in [0.717, 1.165) is 5.75 Å². The first-order valence-corrected chi connectivity index (χ1v) is 18.9. The van der Waals surface area contributed by atoms with Gasteiger partial charge < -0.3 is 0 Å². The Balaban J connectivity index is 3.17. The zero-order chi connectivity index (χ0) is 20.7. The summed E-state index contributed by atoms with van der Waals surface area (Å²) >= 11 is 3.66. The van der Waals surface area contributed by atoms with Crippen molar-refractivity contribution >= 4 is 36.1 Å². The van der Waals surface area contributed by atoms with Crippen LogP contribution in [-0.4, -0.2) is 25.5 Å². The Kier molecular flexibility index (Phi) is 13.8. The Morgan fingerprint density at radius 2 is 1.46 bits per heavy atom. The van der Waals surface area contributed by atoms with Crippen LogP contribution in [0.1, 0.15) is 64.9 Å². The predicted molar refractivity (Wildman–Crippen MR) is 130 cm³/mol. The number of hydrogen-bond acceptors (Lipinski definition) is 1. The van der Waals surface area contributed by atoms with Gasteiger partial charge in [0.15, 0.2) is 0 Å². The molecular weight excluding hydrogens is 470 g/mol. The molecule has 0 saturated carbocycles. The van der Waals surface area contributed by atoms with E-state index in [0.29, 0.717) is 0 Å². The molecule has 1 aromatic carbocycles. The molecule has 0 saturated heterocycles.